The number of aliphatic hydroxyl groups is 1. The van der Waals surface area contributed by atoms with Crippen molar-refractivity contribution in [1.82, 2.24) is 24.9 Å². The second-order valence-corrected chi connectivity index (χ2v) is 7.72. The van der Waals surface area contributed by atoms with E-state index in [1.807, 2.05) is 72.8 Å². The van der Waals surface area contributed by atoms with Gasteiger partial charge in [-0.15, -0.1) is 0 Å². The van der Waals surface area contributed by atoms with Gasteiger partial charge in [0.05, 0.1) is 35.1 Å². The number of H-pyrrole nitrogens is 2. The van der Waals surface area contributed by atoms with Gasteiger partial charge in [-0.1, -0.05) is 6.07 Å². The monoisotopic (exact) mass is 417 g/mol. The SMILES string of the molecule is OCC1=C(c2ccccn2)c2cc3ccc(cc4ccc(cc5nc(cc1n2)C=C5)[nH]4)[nH]3. The maximum atomic E-state index is 10.3. The zero-order valence-corrected chi connectivity index (χ0v) is 17.1. The minimum absolute atomic E-state index is 0.146. The first kappa shape index (κ1) is 18.5. The van der Waals surface area contributed by atoms with Crippen molar-refractivity contribution < 1.29 is 5.11 Å². The Morgan fingerprint density at radius 2 is 1.34 bits per heavy atom. The van der Waals surface area contributed by atoms with Gasteiger partial charge in [0.1, 0.15) is 0 Å². The normalized spacial score (nSPS) is 13.0. The zero-order valence-electron chi connectivity index (χ0n) is 17.1. The quantitative estimate of drug-likeness (QED) is 0.384. The van der Waals surface area contributed by atoms with Crippen LogP contribution in [0.3, 0.4) is 0 Å². The molecule has 3 N–H and O–H groups in total. The average molecular weight is 417 g/mol. The van der Waals surface area contributed by atoms with Crippen LogP contribution < -0.4 is 0 Å². The second kappa shape index (κ2) is 7.44. The maximum Gasteiger partial charge on any atom is 0.0756 e. The molecule has 0 aliphatic carbocycles. The molecule has 154 valence electrons. The highest BCUT2D eigenvalue weighted by molar-refractivity contribution is 5.99. The fraction of sp³-hybridized carbons (Fsp3) is 0.0385. The Kier molecular flexibility index (Phi) is 4.30. The fourth-order valence-electron chi connectivity index (χ4n) is 4.08. The summed E-state index contributed by atoms with van der Waals surface area (Å²) < 4.78 is 0. The van der Waals surface area contributed by atoms with Crippen LogP contribution in [0.15, 0.2) is 72.9 Å². The molecule has 0 saturated carbocycles. The number of aromatic amines is 2. The highest BCUT2D eigenvalue weighted by atomic mass is 16.3. The van der Waals surface area contributed by atoms with E-state index in [9.17, 15) is 5.11 Å². The van der Waals surface area contributed by atoms with Crippen LogP contribution in [0.2, 0.25) is 0 Å². The molecule has 32 heavy (non-hydrogen) atoms. The summed E-state index contributed by atoms with van der Waals surface area (Å²) >= 11 is 0. The maximum absolute atomic E-state index is 10.3. The first-order valence-electron chi connectivity index (χ1n) is 10.4. The summed E-state index contributed by atoms with van der Waals surface area (Å²) in [7, 11) is 0. The molecule has 0 saturated heterocycles. The Morgan fingerprint density at radius 3 is 2.03 bits per heavy atom. The van der Waals surface area contributed by atoms with Crippen LogP contribution >= 0.6 is 0 Å². The van der Waals surface area contributed by atoms with Crippen LogP contribution in [0.25, 0.3) is 45.4 Å². The molecule has 0 radical (unpaired) electrons. The third kappa shape index (κ3) is 3.33. The highest BCUT2D eigenvalue weighted by Crippen LogP contribution is 2.34. The van der Waals surface area contributed by atoms with Crippen molar-refractivity contribution >= 4 is 45.4 Å². The van der Waals surface area contributed by atoms with E-state index in [4.69, 9.17) is 9.97 Å². The fourth-order valence-corrected chi connectivity index (χ4v) is 4.08. The number of hydrogen-bond acceptors (Lipinski definition) is 4. The molecule has 0 unspecified atom stereocenters. The molecule has 8 bridgehead atoms. The number of aliphatic hydroxyl groups excluding tert-OH is 1. The second-order valence-electron chi connectivity index (χ2n) is 7.72. The van der Waals surface area contributed by atoms with Gasteiger partial charge < -0.3 is 15.1 Å². The Balaban J connectivity index is 1.70. The molecule has 2 aliphatic rings. The summed E-state index contributed by atoms with van der Waals surface area (Å²) in [6.07, 6.45) is 5.68. The van der Waals surface area contributed by atoms with Crippen LogP contribution in [-0.2, 0) is 0 Å². The zero-order chi connectivity index (χ0) is 21.5. The molecule has 6 heteroatoms. The van der Waals surface area contributed by atoms with Crippen LogP contribution in [0.5, 0.6) is 0 Å². The van der Waals surface area contributed by atoms with E-state index in [2.05, 4.69) is 21.0 Å². The number of nitrogens with zero attached hydrogens (tertiary/aromatic N) is 3. The minimum Gasteiger partial charge on any atom is -0.392 e. The summed E-state index contributed by atoms with van der Waals surface area (Å²) in [5.41, 5.74) is 9.30. The Morgan fingerprint density at radius 1 is 0.656 bits per heavy atom. The number of nitrogens with one attached hydrogen (secondary N) is 2. The molecule has 0 fully saturated rings. The summed E-state index contributed by atoms with van der Waals surface area (Å²) in [5, 5.41) is 10.3. The summed E-state index contributed by atoms with van der Waals surface area (Å²) in [6.45, 7) is -0.146. The van der Waals surface area contributed by atoms with E-state index in [1.165, 1.54) is 0 Å². The average Bonchev–Trinajstić information content (AvgIpc) is 3.58. The van der Waals surface area contributed by atoms with Crippen molar-refractivity contribution in [2.75, 3.05) is 6.61 Å². The van der Waals surface area contributed by atoms with E-state index in [-0.39, 0.29) is 6.61 Å². The Labute approximate surface area is 183 Å². The van der Waals surface area contributed by atoms with Gasteiger partial charge in [0, 0.05) is 39.4 Å². The molecular formula is C26H19N5O. The minimum atomic E-state index is -0.146. The number of aromatic nitrogens is 5. The third-order valence-corrected chi connectivity index (χ3v) is 5.52. The van der Waals surface area contributed by atoms with Gasteiger partial charge in [-0.05, 0) is 72.8 Å². The molecule has 2 aliphatic heterocycles. The molecule has 0 aromatic carbocycles. The standard InChI is InChI=1S/C26H19N5O/c32-15-22-24-13-20-8-6-18(29-20)11-16-4-5-17(28-16)12-19-7-9-21(30-19)14-25(31-24)26(22)23-3-1-2-10-27-23/h1-14,28,30,32H,15H2. The number of hydrogen-bond donors (Lipinski definition) is 3. The lowest BCUT2D eigenvalue weighted by Crippen LogP contribution is -1.94. The van der Waals surface area contributed by atoms with Crippen LogP contribution in [0, 0.1) is 0 Å². The largest absolute Gasteiger partial charge is 0.392 e. The summed E-state index contributed by atoms with van der Waals surface area (Å²) in [5.74, 6) is 0. The molecule has 6 nitrogen and oxygen atoms in total. The number of pyridine rings is 1. The van der Waals surface area contributed by atoms with Crippen molar-refractivity contribution in [3.8, 4) is 0 Å². The van der Waals surface area contributed by atoms with Gasteiger partial charge in [-0.3, -0.25) is 4.98 Å². The van der Waals surface area contributed by atoms with Crippen LogP contribution in [-0.4, -0.2) is 36.6 Å². The lowest BCUT2D eigenvalue weighted by atomic mass is 10.0. The summed E-state index contributed by atoms with van der Waals surface area (Å²) in [4.78, 5) is 20.9. The third-order valence-electron chi connectivity index (χ3n) is 5.52. The van der Waals surface area contributed by atoms with Gasteiger partial charge in [0.2, 0.25) is 0 Å². The van der Waals surface area contributed by atoms with E-state index in [1.54, 1.807) is 6.20 Å². The van der Waals surface area contributed by atoms with Gasteiger partial charge in [0.15, 0.2) is 0 Å². The van der Waals surface area contributed by atoms with E-state index < -0.39 is 0 Å². The van der Waals surface area contributed by atoms with Gasteiger partial charge in [0.25, 0.3) is 0 Å². The predicted molar refractivity (Wildman–Crippen MR) is 127 cm³/mol. The van der Waals surface area contributed by atoms with Gasteiger partial charge >= 0.3 is 0 Å². The first-order valence-corrected chi connectivity index (χ1v) is 10.4. The Bertz CT molecular complexity index is 1560. The van der Waals surface area contributed by atoms with Crippen molar-refractivity contribution in [1.29, 1.82) is 0 Å². The topological polar surface area (TPSA) is 90.5 Å². The molecule has 0 amide bonds. The molecular weight excluding hydrogens is 398 g/mol. The summed E-state index contributed by atoms with van der Waals surface area (Å²) in [6, 6.07) is 21.8. The smallest absolute Gasteiger partial charge is 0.0756 e. The van der Waals surface area contributed by atoms with E-state index in [0.717, 1.165) is 56.0 Å². The van der Waals surface area contributed by atoms with Gasteiger partial charge in [-0.25, -0.2) is 9.97 Å². The van der Waals surface area contributed by atoms with Crippen molar-refractivity contribution in [3.63, 3.8) is 0 Å². The Hall–Kier alpha value is -4.29. The molecule has 4 aromatic rings. The lowest BCUT2D eigenvalue weighted by Gasteiger charge is -2.05. The van der Waals surface area contributed by atoms with Crippen LogP contribution in [0.4, 0.5) is 0 Å². The van der Waals surface area contributed by atoms with Crippen molar-refractivity contribution in [2.24, 2.45) is 0 Å². The van der Waals surface area contributed by atoms with E-state index in [0.29, 0.717) is 5.69 Å². The van der Waals surface area contributed by atoms with Gasteiger partial charge in [-0.2, -0.15) is 0 Å². The van der Waals surface area contributed by atoms with Crippen LogP contribution in [0.1, 0.15) is 28.5 Å². The first-order chi connectivity index (χ1) is 15.7. The number of rotatable bonds is 2. The van der Waals surface area contributed by atoms with Crippen molar-refractivity contribution in [2.45, 2.75) is 0 Å². The molecule has 4 aromatic heterocycles. The molecule has 6 rings (SSSR count). The lowest BCUT2D eigenvalue weighted by molar-refractivity contribution is 0.350. The van der Waals surface area contributed by atoms with E-state index >= 15 is 0 Å². The highest BCUT2D eigenvalue weighted by Gasteiger charge is 2.22. The predicted octanol–water partition coefficient (Wildman–Crippen LogP) is 4.83. The molecule has 0 spiro atoms. The van der Waals surface area contributed by atoms with Crippen molar-refractivity contribution in [3.05, 3.63) is 101 Å². The number of fused-ring (bicyclic) bond motifs is 8. The molecule has 0 atom stereocenters. The molecule has 6 heterocycles.